The molecule has 0 aliphatic carbocycles. The molecule has 2 aromatic heterocycles. The number of benzene rings is 1. The van der Waals surface area contributed by atoms with Gasteiger partial charge in [-0.1, -0.05) is 17.3 Å². The SMILES string of the molecule is CNC(=O)Cc1nc(-c2ccccc2OC)cc(-c2c(C)noc2C)n1. The van der Waals surface area contributed by atoms with Crippen molar-refractivity contribution in [1.82, 2.24) is 20.4 Å². The Balaban J connectivity index is 2.19. The smallest absolute Gasteiger partial charge is 0.227 e. The maximum absolute atomic E-state index is 11.8. The first-order valence-electron chi connectivity index (χ1n) is 8.18. The second-order valence-electron chi connectivity index (χ2n) is 5.80. The summed E-state index contributed by atoms with van der Waals surface area (Å²) in [7, 11) is 3.20. The van der Waals surface area contributed by atoms with Gasteiger partial charge in [-0.15, -0.1) is 0 Å². The number of hydrogen-bond acceptors (Lipinski definition) is 6. The minimum atomic E-state index is -0.160. The number of para-hydroxylation sites is 1. The number of aromatic nitrogens is 3. The van der Waals surface area contributed by atoms with E-state index in [1.54, 1.807) is 14.2 Å². The van der Waals surface area contributed by atoms with Crippen molar-refractivity contribution in [3.05, 3.63) is 47.6 Å². The lowest BCUT2D eigenvalue weighted by molar-refractivity contribution is -0.120. The number of methoxy groups -OCH3 is 1. The molecule has 0 bridgehead atoms. The van der Waals surface area contributed by atoms with E-state index in [-0.39, 0.29) is 12.3 Å². The molecule has 0 radical (unpaired) electrons. The average molecular weight is 352 g/mol. The molecule has 7 nitrogen and oxygen atoms in total. The molecule has 2 heterocycles. The van der Waals surface area contributed by atoms with E-state index in [1.165, 1.54) is 0 Å². The molecule has 0 spiro atoms. The fraction of sp³-hybridized carbons (Fsp3) is 0.263. The van der Waals surface area contributed by atoms with Crippen molar-refractivity contribution in [3.63, 3.8) is 0 Å². The van der Waals surface area contributed by atoms with Gasteiger partial charge >= 0.3 is 0 Å². The van der Waals surface area contributed by atoms with Crippen LogP contribution in [0.1, 0.15) is 17.3 Å². The molecule has 0 fully saturated rings. The Kier molecular flexibility index (Phi) is 4.97. The Bertz CT molecular complexity index is 930. The van der Waals surface area contributed by atoms with Gasteiger partial charge in [0.1, 0.15) is 17.3 Å². The Morgan fingerprint density at radius 1 is 1.19 bits per heavy atom. The van der Waals surface area contributed by atoms with Crippen LogP contribution in [-0.4, -0.2) is 35.2 Å². The van der Waals surface area contributed by atoms with Crippen LogP contribution in [0, 0.1) is 13.8 Å². The number of rotatable bonds is 5. The fourth-order valence-electron chi connectivity index (χ4n) is 2.78. The van der Waals surface area contributed by atoms with Gasteiger partial charge in [-0.25, -0.2) is 9.97 Å². The van der Waals surface area contributed by atoms with Gasteiger partial charge in [-0.3, -0.25) is 4.79 Å². The normalized spacial score (nSPS) is 10.6. The summed E-state index contributed by atoms with van der Waals surface area (Å²) in [6, 6.07) is 9.45. The maximum Gasteiger partial charge on any atom is 0.227 e. The molecule has 0 saturated heterocycles. The number of ether oxygens (including phenoxy) is 1. The van der Waals surface area contributed by atoms with Crippen molar-refractivity contribution < 1.29 is 14.1 Å². The van der Waals surface area contributed by atoms with Gasteiger partial charge < -0.3 is 14.6 Å². The van der Waals surface area contributed by atoms with Crippen LogP contribution >= 0.6 is 0 Å². The van der Waals surface area contributed by atoms with Crippen molar-refractivity contribution in [1.29, 1.82) is 0 Å². The van der Waals surface area contributed by atoms with Gasteiger partial charge in [-0.2, -0.15) is 0 Å². The van der Waals surface area contributed by atoms with Crippen molar-refractivity contribution in [3.8, 4) is 28.3 Å². The second-order valence-corrected chi connectivity index (χ2v) is 5.80. The lowest BCUT2D eigenvalue weighted by atomic mass is 10.1. The summed E-state index contributed by atoms with van der Waals surface area (Å²) in [5.74, 6) is 1.62. The molecule has 26 heavy (non-hydrogen) atoms. The maximum atomic E-state index is 11.8. The lowest BCUT2D eigenvalue weighted by Gasteiger charge is -2.11. The molecule has 0 saturated carbocycles. The summed E-state index contributed by atoms with van der Waals surface area (Å²) >= 11 is 0. The zero-order chi connectivity index (χ0) is 18.7. The topological polar surface area (TPSA) is 90.1 Å². The fourth-order valence-corrected chi connectivity index (χ4v) is 2.78. The molecule has 0 atom stereocenters. The lowest BCUT2D eigenvalue weighted by Crippen LogP contribution is -2.21. The zero-order valence-electron chi connectivity index (χ0n) is 15.2. The van der Waals surface area contributed by atoms with E-state index >= 15 is 0 Å². The molecule has 1 aromatic carbocycles. The van der Waals surface area contributed by atoms with Crippen LogP contribution in [0.3, 0.4) is 0 Å². The first-order valence-corrected chi connectivity index (χ1v) is 8.18. The van der Waals surface area contributed by atoms with Gasteiger partial charge in [0.2, 0.25) is 5.91 Å². The standard InChI is InChI=1S/C19H20N4O3/c1-11-19(12(2)26-23-11)15-9-14(13-7-5-6-8-16(13)25-4)21-17(22-15)10-18(24)20-3/h5-9H,10H2,1-4H3,(H,20,24). The quantitative estimate of drug-likeness (QED) is 0.759. The Morgan fingerprint density at radius 2 is 1.92 bits per heavy atom. The first-order chi connectivity index (χ1) is 12.5. The largest absolute Gasteiger partial charge is 0.496 e. The molecular weight excluding hydrogens is 332 g/mol. The molecule has 0 aliphatic heterocycles. The van der Waals surface area contributed by atoms with Crippen LogP contribution in [0.2, 0.25) is 0 Å². The minimum Gasteiger partial charge on any atom is -0.496 e. The number of aryl methyl sites for hydroxylation is 2. The van der Waals surface area contributed by atoms with Gasteiger partial charge in [0.25, 0.3) is 0 Å². The third-order valence-electron chi connectivity index (χ3n) is 4.04. The Hall–Kier alpha value is -3.22. The van der Waals surface area contributed by atoms with E-state index in [2.05, 4.69) is 20.4 Å². The second kappa shape index (κ2) is 7.35. The van der Waals surface area contributed by atoms with Gasteiger partial charge in [0, 0.05) is 12.6 Å². The highest BCUT2D eigenvalue weighted by molar-refractivity contribution is 5.78. The molecule has 1 N–H and O–H groups in total. The predicted octanol–water partition coefficient (Wildman–Crippen LogP) is 2.71. The van der Waals surface area contributed by atoms with E-state index < -0.39 is 0 Å². The molecule has 3 aromatic rings. The van der Waals surface area contributed by atoms with Gasteiger partial charge in [-0.05, 0) is 32.0 Å². The summed E-state index contributed by atoms with van der Waals surface area (Å²) in [5.41, 5.74) is 3.70. The molecule has 7 heteroatoms. The molecule has 0 aliphatic rings. The summed E-state index contributed by atoms with van der Waals surface area (Å²) in [4.78, 5) is 21.0. The molecule has 1 amide bonds. The van der Waals surface area contributed by atoms with Crippen molar-refractivity contribution in [2.45, 2.75) is 20.3 Å². The van der Waals surface area contributed by atoms with E-state index in [9.17, 15) is 4.79 Å². The summed E-state index contributed by atoms with van der Waals surface area (Å²) < 4.78 is 10.7. The van der Waals surface area contributed by atoms with Crippen LogP contribution in [0.25, 0.3) is 22.5 Å². The van der Waals surface area contributed by atoms with E-state index in [0.29, 0.717) is 28.7 Å². The van der Waals surface area contributed by atoms with E-state index in [4.69, 9.17) is 9.26 Å². The van der Waals surface area contributed by atoms with Crippen molar-refractivity contribution in [2.75, 3.05) is 14.2 Å². The highest BCUT2D eigenvalue weighted by Crippen LogP contribution is 2.32. The third kappa shape index (κ3) is 3.42. The van der Waals surface area contributed by atoms with Crippen LogP contribution in [0.15, 0.2) is 34.9 Å². The van der Waals surface area contributed by atoms with Crippen LogP contribution in [0.4, 0.5) is 0 Å². The van der Waals surface area contributed by atoms with Crippen molar-refractivity contribution >= 4 is 5.91 Å². The van der Waals surface area contributed by atoms with Crippen LogP contribution in [-0.2, 0) is 11.2 Å². The Morgan fingerprint density at radius 3 is 2.58 bits per heavy atom. The molecule has 0 unspecified atom stereocenters. The van der Waals surface area contributed by atoms with E-state index in [1.807, 2.05) is 44.2 Å². The minimum absolute atomic E-state index is 0.0792. The number of nitrogens with zero attached hydrogens (tertiary/aromatic N) is 3. The number of carbonyl (C=O) groups excluding carboxylic acids is 1. The molecule has 3 rings (SSSR count). The summed E-state index contributed by atoms with van der Waals surface area (Å²) in [5, 5.41) is 6.59. The molecule has 134 valence electrons. The van der Waals surface area contributed by atoms with E-state index in [0.717, 1.165) is 16.8 Å². The predicted molar refractivity (Wildman–Crippen MR) is 96.8 cm³/mol. The number of nitrogens with one attached hydrogen (secondary N) is 1. The summed E-state index contributed by atoms with van der Waals surface area (Å²) in [6.07, 6.45) is 0.0792. The summed E-state index contributed by atoms with van der Waals surface area (Å²) in [6.45, 7) is 3.69. The number of carbonyl (C=O) groups is 1. The monoisotopic (exact) mass is 352 g/mol. The van der Waals surface area contributed by atoms with Crippen molar-refractivity contribution in [2.24, 2.45) is 0 Å². The van der Waals surface area contributed by atoms with Crippen LogP contribution < -0.4 is 10.1 Å². The van der Waals surface area contributed by atoms with Gasteiger partial charge in [0.15, 0.2) is 0 Å². The number of likely N-dealkylation sites (N-methyl/N-ethyl adjacent to an activating group) is 1. The third-order valence-corrected chi connectivity index (χ3v) is 4.04. The number of hydrogen-bond donors (Lipinski definition) is 1. The Labute approximate surface area is 151 Å². The van der Waals surface area contributed by atoms with Gasteiger partial charge in [0.05, 0.1) is 36.2 Å². The zero-order valence-corrected chi connectivity index (χ0v) is 15.2. The molecular formula is C19H20N4O3. The van der Waals surface area contributed by atoms with Crippen LogP contribution in [0.5, 0.6) is 5.75 Å². The highest BCUT2D eigenvalue weighted by atomic mass is 16.5. The first kappa shape index (κ1) is 17.6. The average Bonchev–Trinajstić information content (AvgIpc) is 2.99. The number of amides is 1. The highest BCUT2D eigenvalue weighted by Gasteiger charge is 2.18.